The number of fused-ring (bicyclic) bond motifs is 1. The van der Waals surface area contributed by atoms with E-state index in [1.807, 2.05) is 0 Å². The maximum Gasteiger partial charge on any atom is 0.317 e. The molecule has 2 heterocycles. The predicted molar refractivity (Wildman–Crippen MR) is 67.1 cm³/mol. The van der Waals surface area contributed by atoms with Crippen molar-refractivity contribution in [3.8, 4) is 0 Å². The Hall–Kier alpha value is -0.950. The van der Waals surface area contributed by atoms with Crippen LogP contribution in [0.1, 0.15) is 25.7 Å². The number of thioether (sulfide) groups is 1. The second-order valence-electron chi connectivity index (χ2n) is 4.62. The molecule has 0 bridgehead atoms. The van der Waals surface area contributed by atoms with Crippen molar-refractivity contribution >= 4 is 23.8 Å². The molecule has 0 aliphatic carbocycles. The number of hydrogen-bond donors (Lipinski definition) is 3. The van der Waals surface area contributed by atoms with Crippen LogP contribution in [0.5, 0.6) is 0 Å². The molecule has 2 saturated heterocycles. The minimum Gasteiger partial charge on any atom is -0.469 e. The maximum atomic E-state index is 11.2. The first-order chi connectivity index (χ1) is 8.56. The van der Waals surface area contributed by atoms with Crippen LogP contribution < -0.4 is 10.6 Å². The molecule has 7 heteroatoms. The Kier molecular flexibility index (Phi) is 4.01. The topological polar surface area (TPSA) is 87.7 Å². The molecule has 2 rings (SSSR count). The summed E-state index contributed by atoms with van der Waals surface area (Å²) in [7, 11) is 1.38. The number of rotatable bonds is 5. The summed E-state index contributed by atoms with van der Waals surface area (Å²) in [5.41, 5.74) is -1.13. The number of nitrogens with one attached hydrogen (secondary N) is 2. The minimum absolute atomic E-state index is 0.0147. The molecule has 18 heavy (non-hydrogen) atoms. The molecule has 0 aromatic heterocycles. The Balaban J connectivity index is 1.77. The van der Waals surface area contributed by atoms with Crippen LogP contribution in [0.2, 0.25) is 0 Å². The molecule has 102 valence electrons. The molecule has 0 aromatic carbocycles. The van der Waals surface area contributed by atoms with Crippen LogP contribution in [-0.2, 0) is 9.53 Å². The number of aliphatic hydroxyl groups is 1. The van der Waals surface area contributed by atoms with Crippen LogP contribution in [0.25, 0.3) is 0 Å². The SMILES string of the molecule is COC(=O)CCCC[C@@H]1SC[C@@H]2NC(=O)N[C@@]21O. The monoisotopic (exact) mass is 274 g/mol. The van der Waals surface area contributed by atoms with Gasteiger partial charge in [0.25, 0.3) is 0 Å². The summed E-state index contributed by atoms with van der Waals surface area (Å²) in [5, 5.41) is 15.7. The summed E-state index contributed by atoms with van der Waals surface area (Å²) in [6.45, 7) is 0. The van der Waals surface area contributed by atoms with Crippen LogP contribution in [0, 0.1) is 0 Å². The van der Waals surface area contributed by atoms with E-state index in [4.69, 9.17) is 0 Å². The van der Waals surface area contributed by atoms with Gasteiger partial charge in [-0.3, -0.25) is 4.79 Å². The van der Waals surface area contributed by atoms with Crippen molar-refractivity contribution in [2.75, 3.05) is 12.9 Å². The Labute approximate surface area is 110 Å². The molecule has 0 radical (unpaired) electrons. The molecule has 3 N–H and O–H groups in total. The molecule has 2 aliphatic rings. The fraction of sp³-hybridized carbons (Fsp3) is 0.818. The summed E-state index contributed by atoms with van der Waals surface area (Å²) in [4.78, 5) is 22.2. The second-order valence-corrected chi connectivity index (χ2v) is 5.86. The highest BCUT2D eigenvalue weighted by Crippen LogP contribution is 2.39. The van der Waals surface area contributed by atoms with Gasteiger partial charge in [-0.2, -0.15) is 11.8 Å². The fourth-order valence-corrected chi connectivity index (χ4v) is 3.96. The van der Waals surface area contributed by atoms with E-state index in [1.165, 1.54) is 7.11 Å². The van der Waals surface area contributed by atoms with Crippen LogP contribution in [0.15, 0.2) is 0 Å². The molecular weight excluding hydrogens is 256 g/mol. The van der Waals surface area contributed by atoms with Gasteiger partial charge in [0.2, 0.25) is 0 Å². The summed E-state index contributed by atoms with van der Waals surface area (Å²) >= 11 is 1.66. The van der Waals surface area contributed by atoms with Gasteiger partial charge in [0.1, 0.15) is 0 Å². The van der Waals surface area contributed by atoms with Crippen molar-refractivity contribution < 1.29 is 19.4 Å². The van der Waals surface area contributed by atoms with E-state index in [2.05, 4.69) is 15.4 Å². The van der Waals surface area contributed by atoms with E-state index >= 15 is 0 Å². The quantitative estimate of drug-likeness (QED) is 0.379. The number of amides is 2. The lowest BCUT2D eigenvalue weighted by Crippen LogP contribution is -2.53. The van der Waals surface area contributed by atoms with E-state index in [1.54, 1.807) is 11.8 Å². The van der Waals surface area contributed by atoms with Crippen LogP contribution >= 0.6 is 11.8 Å². The average Bonchev–Trinajstić information content (AvgIpc) is 2.77. The van der Waals surface area contributed by atoms with Crippen molar-refractivity contribution in [2.45, 2.75) is 42.7 Å². The minimum atomic E-state index is -1.13. The number of carbonyl (C=O) groups excluding carboxylic acids is 2. The number of urea groups is 1. The van der Waals surface area contributed by atoms with E-state index in [0.29, 0.717) is 6.42 Å². The second kappa shape index (κ2) is 5.36. The summed E-state index contributed by atoms with van der Waals surface area (Å²) in [5.74, 6) is 0.512. The molecule has 6 nitrogen and oxygen atoms in total. The largest absolute Gasteiger partial charge is 0.469 e. The van der Waals surface area contributed by atoms with Gasteiger partial charge >= 0.3 is 12.0 Å². The van der Waals surface area contributed by atoms with E-state index in [9.17, 15) is 14.7 Å². The molecular formula is C11H18N2O4S. The van der Waals surface area contributed by atoms with Gasteiger partial charge in [0.15, 0.2) is 5.72 Å². The molecule has 3 atom stereocenters. The maximum absolute atomic E-state index is 11.2. The zero-order valence-corrected chi connectivity index (χ0v) is 11.1. The van der Waals surface area contributed by atoms with E-state index < -0.39 is 5.72 Å². The normalized spacial score (nSPS) is 33.8. The summed E-state index contributed by atoms with van der Waals surface area (Å²) in [6, 6.07) is -0.511. The Morgan fingerprint density at radius 3 is 3.11 bits per heavy atom. The van der Waals surface area contributed by atoms with Crippen LogP contribution in [-0.4, -0.2) is 47.0 Å². The van der Waals surface area contributed by atoms with Crippen molar-refractivity contribution in [3.05, 3.63) is 0 Å². The number of esters is 1. The first kappa shape index (κ1) is 13.5. The van der Waals surface area contributed by atoms with Gasteiger partial charge in [-0.1, -0.05) is 6.42 Å². The highest BCUT2D eigenvalue weighted by molar-refractivity contribution is 8.00. The van der Waals surface area contributed by atoms with E-state index in [-0.39, 0.29) is 23.3 Å². The van der Waals surface area contributed by atoms with Crippen LogP contribution in [0.4, 0.5) is 4.79 Å². The Morgan fingerprint density at radius 2 is 2.39 bits per heavy atom. The number of methoxy groups -OCH3 is 1. The standard InChI is InChI=1S/C11H18N2O4S/c1-17-9(14)5-3-2-4-8-11(16)7(6-18-8)12-10(15)13-11/h7-8,16H,2-6H2,1H3,(H2,12,13,15)/t7-,8-,11+/m0/s1. The molecule has 0 saturated carbocycles. The third-order valence-corrected chi connectivity index (χ3v) is 4.95. The van der Waals surface area contributed by atoms with Crippen molar-refractivity contribution in [1.29, 1.82) is 0 Å². The first-order valence-electron chi connectivity index (χ1n) is 6.05. The zero-order valence-electron chi connectivity index (χ0n) is 10.3. The smallest absolute Gasteiger partial charge is 0.317 e. The van der Waals surface area contributed by atoms with Gasteiger partial charge in [-0.15, -0.1) is 0 Å². The number of hydrogen-bond acceptors (Lipinski definition) is 5. The Bertz CT molecular complexity index is 352. The van der Waals surface area contributed by atoms with Gasteiger partial charge in [0, 0.05) is 12.2 Å². The van der Waals surface area contributed by atoms with Gasteiger partial charge in [0.05, 0.1) is 18.4 Å². The number of ether oxygens (including phenoxy) is 1. The third-order valence-electron chi connectivity index (χ3n) is 3.43. The zero-order chi connectivity index (χ0) is 13.2. The molecule has 2 aliphatic heterocycles. The predicted octanol–water partition coefficient (Wildman–Crippen LogP) is 0.205. The molecule has 0 aromatic rings. The lowest BCUT2D eigenvalue weighted by atomic mass is 9.99. The lowest BCUT2D eigenvalue weighted by Gasteiger charge is -2.27. The molecule has 2 amide bonds. The first-order valence-corrected chi connectivity index (χ1v) is 7.10. The van der Waals surface area contributed by atoms with Crippen molar-refractivity contribution in [2.24, 2.45) is 0 Å². The third kappa shape index (κ3) is 2.56. The van der Waals surface area contributed by atoms with E-state index in [0.717, 1.165) is 25.0 Å². The molecule has 0 unspecified atom stereocenters. The summed E-state index contributed by atoms with van der Waals surface area (Å²) < 4.78 is 4.56. The summed E-state index contributed by atoms with van der Waals surface area (Å²) in [6.07, 6.45) is 2.75. The Morgan fingerprint density at radius 1 is 1.61 bits per heavy atom. The van der Waals surface area contributed by atoms with Gasteiger partial charge in [-0.25, -0.2) is 4.79 Å². The van der Waals surface area contributed by atoms with Crippen molar-refractivity contribution in [3.63, 3.8) is 0 Å². The number of unbranched alkanes of at least 4 members (excludes halogenated alkanes) is 1. The van der Waals surface area contributed by atoms with Crippen molar-refractivity contribution in [1.82, 2.24) is 10.6 Å². The highest BCUT2D eigenvalue weighted by Gasteiger charge is 2.55. The number of carbonyl (C=O) groups is 2. The molecule has 0 spiro atoms. The lowest BCUT2D eigenvalue weighted by molar-refractivity contribution is -0.140. The van der Waals surface area contributed by atoms with Gasteiger partial charge < -0.3 is 20.5 Å². The highest BCUT2D eigenvalue weighted by atomic mass is 32.2. The fourth-order valence-electron chi connectivity index (χ4n) is 2.39. The molecule has 2 fully saturated rings. The average molecular weight is 274 g/mol. The van der Waals surface area contributed by atoms with Crippen LogP contribution in [0.3, 0.4) is 0 Å². The van der Waals surface area contributed by atoms with Gasteiger partial charge in [-0.05, 0) is 12.8 Å².